The summed E-state index contributed by atoms with van der Waals surface area (Å²) in [4.78, 5) is 36.1. The van der Waals surface area contributed by atoms with Gasteiger partial charge in [-0.2, -0.15) is 0 Å². The molecule has 374 valence electrons. The fraction of sp³-hybridized carbons (Fsp3) is 0.554. The number of rotatable bonds is 28. The van der Waals surface area contributed by atoms with Gasteiger partial charge in [-0.3, -0.25) is 4.79 Å². The molecule has 3 N–H and O–H groups in total. The molecule has 13 nitrogen and oxygen atoms in total. The van der Waals surface area contributed by atoms with Crippen molar-refractivity contribution in [3.05, 3.63) is 108 Å². The third-order valence-electron chi connectivity index (χ3n) is 14.3. The molecule has 0 unspecified atom stereocenters. The summed E-state index contributed by atoms with van der Waals surface area (Å²) in [5.74, 6) is -0.469. The van der Waals surface area contributed by atoms with Gasteiger partial charge in [0, 0.05) is 50.3 Å². The molecule has 2 aliphatic heterocycles. The number of aliphatic hydroxyl groups is 2. The number of oxime groups is 1. The first-order chi connectivity index (χ1) is 33.8. The number of benzene rings is 3. The van der Waals surface area contributed by atoms with E-state index in [1.807, 2.05) is 42.5 Å². The van der Waals surface area contributed by atoms with Crippen molar-refractivity contribution in [1.29, 1.82) is 0 Å². The number of fused-ring (bicyclic) bond motifs is 3. The van der Waals surface area contributed by atoms with Crippen LogP contribution in [0.1, 0.15) is 143 Å². The van der Waals surface area contributed by atoms with Crippen LogP contribution in [0.3, 0.4) is 0 Å². The highest BCUT2D eigenvalue weighted by Gasteiger charge is 2.65. The first-order valence-corrected chi connectivity index (χ1v) is 25.7. The predicted molar refractivity (Wildman–Crippen MR) is 267 cm³/mol. The number of hydrogen-bond acceptors (Lipinski definition) is 11. The van der Waals surface area contributed by atoms with E-state index in [2.05, 4.69) is 24.9 Å². The van der Waals surface area contributed by atoms with Crippen molar-refractivity contribution in [2.75, 3.05) is 40.2 Å². The molecule has 0 saturated heterocycles. The molecule has 2 aliphatic carbocycles. The molecule has 6 atom stereocenters. The van der Waals surface area contributed by atoms with E-state index in [1.165, 1.54) is 44.9 Å². The lowest BCUT2D eigenvalue weighted by Gasteiger charge is -2.59. The smallest absolute Gasteiger partial charge is 0.412 e. The van der Waals surface area contributed by atoms with Crippen molar-refractivity contribution in [2.45, 2.75) is 140 Å². The summed E-state index contributed by atoms with van der Waals surface area (Å²) in [6.45, 7) is 7.41. The Morgan fingerprint density at radius 3 is 2.30 bits per heavy atom. The summed E-state index contributed by atoms with van der Waals surface area (Å²) in [5.41, 5.74) is 3.83. The number of likely N-dealkylation sites (N-methyl/N-ethyl adjacent to an activating group) is 1. The van der Waals surface area contributed by atoms with Crippen molar-refractivity contribution in [1.82, 2.24) is 10.2 Å². The molecule has 0 bridgehead atoms. The fourth-order valence-electron chi connectivity index (χ4n) is 10.9. The van der Waals surface area contributed by atoms with Crippen molar-refractivity contribution in [3.8, 4) is 23.0 Å². The summed E-state index contributed by atoms with van der Waals surface area (Å²) >= 11 is 0. The average molecular weight is 950 g/mol. The Labute approximate surface area is 409 Å². The van der Waals surface area contributed by atoms with Gasteiger partial charge in [-0.15, -0.1) is 6.58 Å². The van der Waals surface area contributed by atoms with E-state index in [1.54, 1.807) is 42.3 Å². The van der Waals surface area contributed by atoms with Crippen molar-refractivity contribution < 1.29 is 48.3 Å². The number of nitrogens with zero attached hydrogens (tertiary/aromatic N) is 2. The average Bonchev–Trinajstić information content (AvgIpc) is 3.84. The molecular formula is C56H75N3O10. The van der Waals surface area contributed by atoms with E-state index in [0.29, 0.717) is 53.7 Å². The zero-order valence-corrected chi connectivity index (χ0v) is 40.9. The summed E-state index contributed by atoms with van der Waals surface area (Å²) < 4.78 is 31.6. The zero-order valence-electron chi connectivity index (χ0n) is 40.9. The highest BCUT2D eigenvalue weighted by molar-refractivity contribution is 6.03. The van der Waals surface area contributed by atoms with E-state index in [-0.39, 0.29) is 63.3 Å². The molecule has 4 aliphatic rings. The van der Waals surface area contributed by atoms with Crippen LogP contribution in [0.15, 0.2) is 96.2 Å². The largest absolute Gasteiger partial charge is 0.459 e. The normalized spacial score (nSPS) is 22.5. The van der Waals surface area contributed by atoms with Gasteiger partial charge in [0.15, 0.2) is 11.5 Å². The van der Waals surface area contributed by atoms with E-state index in [9.17, 15) is 19.8 Å². The molecule has 0 spiro atoms. The van der Waals surface area contributed by atoms with E-state index in [4.69, 9.17) is 33.7 Å². The topological polar surface area (TPSA) is 158 Å². The molecule has 1 fully saturated rings. The monoisotopic (exact) mass is 950 g/mol. The van der Waals surface area contributed by atoms with Crippen LogP contribution in [-0.4, -0.2) is 84.9 Å². The highest BCUT2D eigenvalue weighted by atomic mass is 16.7. The second kappa shape index (κ2) is 26.0. The SMILES string of the molecule is C=CCO[C@@]12Oc3ccc(OC(=O)NCCCCCCCCCCCC)cc3[C@H]3[C@H](CCCCO)[C@@H](CCCCO)C=C(C(=NOCc4ccccc4)C[C@@H]1N(C)C(=O)c1ccc4c(c1)OCO4)[C@H]32. The predicted octanol–water partition coefficient (Wildman–Crippen LogP) is 11.0. The standard InChI is InChI=1S/C56H75N3O10/c1-4-6-7-8-9-10-11-12-13-19-30-57-55(63)68-43-27-29-48-46(36-43)52-44(25-18-21-32-61)41(24-17-20-31-60)34-45-47(58-67-38-40-22-15-14-16-23-40)37-51(56(69-48,53(45)52)66-33-5-2)59(3)54(62)42-26-28-49-50(35-42)65-39-64-49/h5,14-16,22-23,26-29,34-36,41,44,51-53,60-61H,2,4,6-13,17-21,24-25,30-33,37-39H2,1,3H3,(H,57,63)/t41-,44+,51-,52+,53+,56+/m0/s1. The van der Waals surface area contributed by atoms with Gasteiger partial charge in [-0.05, 0) is 91.5 Å². The molecule has 2 heterocycles. The van der Waals surface area contributed by atoms with Crippen LogP contribution in [-0.2, 0) is 16.2 Å². The van der Waals surface area contributed by atoms with Gasteiger partial charge < -0.3 is 49.0 Å². The van der Waals surface area contributed by atoms with Crippen LogP contribution in [0.25, 0.3) is 0 Å². The maximum Gasteiger partial charge on any atom is 0.412 e. The number of aliphatic hydroxyl groups excluding tert-OH is 2. The summed E-state index contributed by atoms with van der Waals surface area (Å²) in [7, 11) is 1.77. The van der Waals surface area contributed by atoms with E-state index in [0.717, 1.165) is 61.6 Å². The number of amides is 2. The maximum atomic E-state index is 14.8. The van der Waals surface area contributed by atoms with Gasteiger partial charge in [0.2, 0.25) is 12.6 Å². The minimum absolute atomic E-state index is 0.00105. The Morgan fingerprint density at radius 2 is 1.57 bits per heavy atom. The zero-order chi connectivity index (χ0) is 48.4. The van der Waals surface area contributed by atoms with Crippen molar-refractivity contribution in [3.63, 3.8) is 0 Å². The van der Waals surface area contributed by atoms with Gasteiger partial charge in [0.1, 0.15) is 24.1 Å². The Hall–Kier alpha value is -5.37. The second-order valence-corrected chi connectivity index (χ2v) is 19.0. The summed E-state index contributed by atoms with van der Waals surface area (Å²) in [6, 6.07) is 19.8. The van der Waals surface area contributed by atoms with Crippen LogP contribution in [0.2, 0.25) is 0 Å². The lowest BCUT2D eigenvalue weighted by molar-refractivity contribution is -0.252. The maximum absolute atomic E-state index is 14.8. The Balaban J connectivity index is 1.25. The van der Waals surface area contributed by atoms with Gasteiger partial charge in [0.25, 0.3) is 5.91 Å². The molecule has 13 heteroatoms. The molecule has 0 radical (unpaired) electrons. The van der Waals surface area contributed by atoms with Crippen LogP contribution in [0, 0.1) is 17.8 Å². The van der Waals surface area contributed by atoms with Crippen molar-refractivity contribution >= 4 is 17.7 Å². The van der Waals surface area contributed by atoms with Crippen LogP contribution < -0.4 is 24.3 Å². The third-order valence-corrected chi connectivity index (χ3v) is 14.3. The van der Waals surface area contributed by atoms with Crippen LogP contribution in [0.4, 0.5) is 4.79 Å². The number of carbonyl (C=O) groups excluding carboxylic acids is 2. The summed E-state index contributed by atoms with van der Waals surface area (Å²) in [5, 5.41) is 27.9. The molecule has 69 heavy (non-hydrogen) atoms. The molecule has 3 aromatic rings. The third kappa shape index (κ3) is 12.9. The van der Waals surface area contributed by atoms with E-state index < -0.39 is 23.8 Å². The summed E-state index contributed by atoms with van der Waals surface area (Å²) in [6.07, 6.45) is 20.3. The number of nitrogens with one attached hydrogen (secondary N) is 1. The van der Waals surface area contributed by atoms with Crippen molar-refractivity contribution in [2.24, 2.45) is 22.9 Å². The van der Waals surface area contributed by atoms with Gasteiger partial charge >= 0.3 is 6.09 Å². The second-order valence-electron chi connectivity index (χ2n) is 19.0. The molecule has 3 aromatic carbocycles. The number of carbonyl (C=O) groups is 2. The highest BCUT2D eigenvalue weighted by Crippen LogP contribution is 2.62. The number of unbranched alkanes of at least 4 members (excludes halogenated alkanes) is 11. The molecule has 1 saturated carbocycles. The minimum Gasteiger partial charge on any atom is -0.459 e. The molecule has 0 aromatic heterocycles. The molecular weight excluding hydrogens is 875 g/mol. The van der Waals surface area contributed by atoms with Crippen LogP contribution >= 0.6 is 0 Å². The van der Waals surface area contributed by atoms with Gasteiger partial charge in [0.05, 0.1) is 18.2 Å². The van der Waals surface area contributed by atoms with Gasteiger partial charge in [-0.25, -0.2) is 4.79 Å². The lowest BCUT2D eigenvalue weighted by Crippen LogP contribution is -2.69. The molecule has 2 amide bonds. The number of ether oxygens (including phenoxy) is 5. The Kier molecular flexibility index (Phi) is 19.4. The van der Waals surface area contributed by atoms with Gasteiger partial charge in [-0.1, -0.05) is 125 Å². The van der Waals surface area contributed by atoms with E-state index >= 15 is 0 Å². The quantitative estimate of drug-likeness (QED) is 0.0363. The Bertz CT molecular complexity index is 2200. The minimum atomic E-state index is -1.45. The lowest BCUT2D eigenvalue weighted by atomic mass is 9.55. The molecule has 7 rings (SSSR count). The first-order valence-electron chi connectivity index (χ1n) is 25.7. The number of hydrogen-bond donors (Lipinski definition) is 3. The first kappa shape index (κ1) is 51.5. The Morgan fingerprint density at radius 1 is 0.855 bits per heavy atom. The fourth-order valence-corrected chi connectivity index (χ4v) is 10.9. The number of allylic oxidation sites excluding steroid dienone is 1. The van der Waals surface area contributed by atoms with Crippen LogP contribution in [0.5, 0.6) is 23.0 Å².